The van der Waals surface area contributed by atoms with Crippen LogP contribution in [0.5, 0.6) is 5.75 Å². The molecule has 2 N–H and O–H groups in total. The van der Waals surface area contributed by atoms with Crippen molar-refractivity contribution in [3.63, 3.8) is 0 Å². The highest BCUT2D eigenvalue weighted by Crippen LogP contribution is 2.29. The largest absolute Gasteiger partial charge is 0.488 e. The molecule has 0 bridgehead atoms. The number of nitrogens with zero attached hydrogens (tertiary/aromatic N) is 3. The lowest BCUT2D eigenvalue weighted by molar-refractivity contribution is 0.197. The third kappa shape index (κ3) is 2.09. The van der Waals surface area contributed by atoms with E-state index in [1.165, 1.54) is 5.56 Å². The Morgan fingerprint density at radius 2 is 2.33 bits per heavy atom. The minimum atomic E-state index is -0.0610. The number of aromatic nitrogens is 3. The highest BCUT2D eigenvalue weighted by atomic mass is 16.5. The number of fused-ring (bicyclic) bond motifs is 1. The van der Waals surface area contributed by atoms with Crippen molar-refractivity contribution in [3.8, 4) is 5.75 Å². The first-order chi connectivity index (χ1) is 8.72. The van der Waals surface area contributed by atoms with E-state index in [1.54, 1.807) is 4.68 Å². The first kappa shape index (κ1) is 11.2. The van der Waals surface area contributed by atoms with Crippen molar-refractivity contribution in [2.75, 3.05) is 0 Å². The molecule has 1 aliphatic rings. The van der Waals surface area contributed by atoms with E-state index >= 15 is 0 Å². The van der Waals surface area contributed by atoms with Gasteiger partial charge in [0.1, 0.15) is 11.9 Å². The molecule has 0 saturated carbocycles. The van der Waals surface area contributed by atoms with Gasteiger partial charge in [0, 0.05) is 32.1 Å². The molecular formula is C13H16N4O. The third-order valence-electron chi connectivity index (χ3n) is 3.24. The summed E-state index contributed by atoms with van der Waals surface area (Å²) < 4.78 is 7.55. The molecule has 2 heterocycles. The number of aryl methyl sites for hydroxylation is 1. The van der Waals surface area contributed by atoms with Crippen molar-refractivity contribution < 1.29 is 4.74 Å². The lowest BCUT2D eigenvalue weighted by Crippen LogP contribution is -2.39. The minimum Gasteiger partial charge on any atom is -0.488 e. The van der Waals surface area contributed by atoms with Crippen molar-refractivity contribution in [3.05, 3.63) is 41.7 Å². The Balaban J connectivity index is 1.67. The first-order valence-electron chi connectivity index (χ1n) is 6.08. The maximum Gasteiger partial charge on any atom is 0.123 e. The molecule has 0 spiro atoms. The SMILES string of the molecule is Cn1cc(CC(N)C2Cc3ccccc3O2)nn1. The van der Waals surface area contributed by atoms with Gasteiger partial charge in [0.15, 0.2) is 0 Å². The van der Waals surface area contributed by atoms with Gasteiger partial charge in [-0.05, 0) is 11.6 Å². The predicted molar refractivity (Wildman–Crippen MR) is 67.2 cm³/mol. The van der Waals surface area contributed by atoms with Crippen LogP contribution in [0.3, 0.4) is 0 Å². The van der Waals surface area contributed by atoms with E-state index in [0.717, 1.165) is 17.9 Å². The Bertz CT molecular complexity index is 526. The van der Waals surface area contributed by atoms with Crippen molar-refractivity contribution in [1.82, 2.24) is 15.0 Å². The van der Waals surface area contributed by atoms with E-state index in [-0.39, 0.29) is 12.1 Å². The van der Waals surface area contributed by atoms with E-state index in [1.807, 2.05) is 31.4 Å². The molecule has 0 aliphatic carbocycles. The molecule has 0 amide bonds. The fraction of sp³-hybridized carbons (Fsp3) is 0.385. The molecule has 0 fully saturated rings. The van der Waals surface area contributed by atoms with Gasteiger partial charge in [-0.1, -0.05) is 23.4 Å². The molecule has 2 aromatic rings. The summed E-state index contributed by atoms with van der Waals surface area (Å²) in [5.74, 6) is 0.956. The van der Waals surface area contributed by atoms with Gasteiger partial charge >= 0.3 is 0 Å². The molecule has 94 valence electrons. The monoisotopic (exact) mass is 244 g/mol. The quantitative estimate of drug-likeness (QED) is 0.862. The normalized spacial score (nSPS) is 19.3. The topological polar surface area (TPSA) is 66.0 Å². The molecular weight excluding hydrogens is 228 g/mol. The lowest BCUT2D eigenvalue weighted by atomic mass is 10.0. The van der Waals surface area contributed by atoms with E-state index < -0.39 is 0 Å². The number of benzene rings is 1. The number of para-hydroxylation sites is 1. The zero-order valence-electron chi connectivity index (χ0n) is 10.3. The van der Waals surface area contributed by atoms with Crippen molar-refractivity contribution in [1.29, 1.82) is 0 Å². The number of rotatable bonds is 3. The van der Waals surface area contributed by atoms with Crippen LogP contribution in [0, 0.1) is 0 Å². The van der Waals surface area contributed by atoms with Crippen LogP contribution in [0.1, 0.15) is 11.3 Å². The Morgan fingerprint density at radius 3 is 3.06 bits per heavy atom. The van der Waals surface area contributed by atoms with Crippen LogP contribution in [-0.4, -0.2) is 27.1 Å². The van der Waals surface area contributed by atoms with Gasteiger partial charge in [0.2, 0.25) is 0 Å². The fourth-order valence-electron chi connectivity index (χ4n) is 2.31. The predicted octanol–water partition coefficient (Wildman–Crippen LogP) is 0.689. The summed E-state index contributed by atoms with van der Waals surface area (Å²) in [6.45, 7) is 0. The van der Waals surface area contributed by atoms with Crippen LogP contribution in [0.4, 0.5) is 0 Å². The second kappa shape index (κ2) is 4.42. The van der Waals surface area contributed by atoms with Gasteiger partial charge in [-0.2, -0.15) is 0 Å². The van der Waals surface area contributed by atoms with Crippen LogP contribution in [0.15, 0.2) is 30.5 Å². The molecule has 2 atom stereocenters. The van der Waals surface area contributed by atoms with Crippen molar-refractivity contribution in [2.24, 2.45) is 12.8 Å². The van der Waals surface area contributed by atoms with Crippen LogP contribution in [0.25, 0.3) is 0 Å². The van der Waals surface area contributed by atoms with Crippen LogP contribution in [0.2, 0.25) is 0 Å². The van der Waals surface area contributed by atoms with Crippen molar-refractivity contribution in [2.45, 2.75) is 25.0 Å². The van der Waals surface area contributed by atoms with Gasteiger partial charge in [-0.15, -0.1) is 5.10 Å². The first-order valence-corrected chi connectivity index (χ1v) is 6.08. The maximum atomic E-state index is 6.20. The summed E-state index contributed by atoms with van der Waals surface area (Å²) in [5, 5.41) is 7.96. The van der Waals surface area contributed by atoms with E-state index in [9.17, 15) is 0 Å². The molecule has 5 nitrogen and oxygen atoms in total. The van der Waals surface area contributed by atoms with Gasteiger partial charge < -0.3 is 10.5 Å². The minimum absolute atomic E-state index is 0.0319. The van der Waals surface area contributed by atoms with Crippen LogP contribution < -0.4 is 10.5 Å². The molecule has 1 aromatic carbocycles. The lowest BCUT2D eigenvalue weighted by Gasteiger charge is -2.17. The molecule has 1 aromatic heterocycles. The van der Waals surface area contributed by atoms with Crippen molar-refractivity contribution >= 4 is 0 Å². The number of ether oxygens (including phenoxy) is 1. The standard InChI is InChI=1S/C13H16N4O/c1-17-8-10(15-16-17)7-11(14)13-6-9-4-2-3-5-12(9)18-13/h2-5,8,11,13H,6-7,14H2,1H3. The molecule has 1 aliphatic heterocycles. The van der Waals surface area contributed by atoms with E-state index in [0.29, 0.717) is 6.42 Å². The number of nitrogens with two attached hydrogens (primary N) is 1. The molecule has 3 rings (SSSR count). The van der Waals surface area contributed by atoms with Crippen LogP contribution >= 0.6 is 0 Å². The zero-order valence-corrected chi connectivity index (χ0v) is 10.3. The van der Waals surface area contributed by atoms with Gasteiger partial charge in [0.05, 0.1) is 5.69 Å². The van der Waals surface area contributed by atoms with E-state index in [2.05, 4.69) is 16.4 Å². The molecule has 0 radical (unpaired) electrons. The zero-order chi connectivity index (χ0) is 12.5. The average molecular weight is 244 g/mol. The van der Waals surface area contributed by atoms with Gasteiger partial charge in [0.25, 0.3) is 0 Å². The highest BCUT2D eigenvalue weighted by Gasteiger charge is 2.28. The number of hydrogen-bond donors (Lipinski definition) is 1. The summed E-state index contributed by atoms with van der Waals surface area (Å²) in [6.07, 6.45) is 3.48. The van der Waals surface area contributed by atoms with Gasteiger partial charge in [-0.25, -0.2) is 0 Å². The molecule has 5 heteroatoms. The third-order valence-corrected chi connectivity index (χ3v) is 3.24. The Labute approximate surface area is 106 Å². The number of hydrogen-bond acceptors (Lipinski definition) is 4. The molecule has 2 unspecified atom stereocenters. The molecule has 18 heavy (non-hydrogen) atoms. The van der Waals surface area contributed by atoms with Gasteiger partial charge in [-0.3, -0.25) is 4.68 Å². The van der Waals surface area contributed by atoms with Crippen LogP contribution in [-0.2, 0) is 19.9 Å². The summed E-state index contributed by atoms with van der Waals surface area (Å²) >= 11 is 0. The Hall–Kier alpha value is -1.88. The molecule has 0 saturated heterocycles. The highest BCUT2D eigenvalue weighted by molar-refractivity contribution is 5.37. The smallest absolute Gasteiger partial charge is 0.123 e. The second-order valence-electron chi connectivity index (χ2n) is 4.72. The Kier molecular flexibility index (Phi) is 2.76. The fourth-order valence-corrected chi connectivity index (χ4v) is 2.31. The summed E-state index contributed by atoms with van der Waals surface area (Å²) in [4.78, 5) is 0. The summed E-state index contributed by atoms with van der Waals surface area (Å²) in [7, 11) is 1.85. The Morgan fingerprint density at radius 1 is 1.50 bits per heavy atom. The second-order valence-corrected chi connectivity index (χ2v) is 4.72. The summed E-state index contributed by atoms with van der Waals surface area (Å²) in [5.41, 5.74) is 8.34. The maximum absolute atomic E-state index is 6.20. The average Bonchev–Trinajstić information content (AvgIpc) is 2.95. The summed E-state index contributed by atoms with van der Waals surface area (Å²) in [6, 6.07) is 8.03. The van der Waals surface area contributed by atoms with E-state index in [4.69, 9.17) is 10.5 Å².